The van der Waals surface area contributed by atoms with E-state index in [1.165, 1.54) is 90.1 Å². The molecule has 0 spiro atoms. The minimum Gasteiger partial charge on any atom is -0.461 e. The zero-order chi connectivity index (χ0) is 29.0. The van der Waals surface area contributed by atoms with Crippen LogP contribution in [0.4, 0.5) is 0 Å². The molecule has 0 aromatic heterocycles. The minimum atomic E-state index is -0.110. The molecule has 0 aromatic carbocycles. The van der Waals surface area contributed by atoms with Crippen LogP contribution in [0.3, 0.4) is 0 Å². The molecule has 0 aromatic rings. The van der Waals surface area contributed by atoms with E-state index in [4.69, 9.17) is 9.47 Å². The maximum Gasteiger partial charge on any atom is 0.306 e. The van der Waals surface area contributed by atoms with E-state index in [0.717, 1.165) is 29.9 Å². The van der Waals surface area contributed by atoms with E-state index < -0.39 is 0 Å². The lowest BCUT2D eigenvalue weighted by Crippen LogP contribution is -2.61. The van der Waals surface area contributed by atoms with E-state index in [-0.39, 0.29) is 29.6 Å². The maximum atomic E-state index is 12.9. The Labute approximate surface area is 249 Å². The number of hydrogen-bond acceptors (Lipinski definition) is 5. The third-order valence-corrected chi connectivity index (χ3v) is 14.0. The van der Waals surface area contributed by atoms with Crippen molar-refractivity contribution in [2.24, 2.45) is 34.5 Å². The summed E-state index contributed by atoms with van der Waals surface area (Å²) < 4.78 is 13.7. The summed E-state index contributed by atoms with van der Waals surface area (Å²) in [7, 11) is 2.48. The lowest BCUT2D eigenvalue weighted by atomic mass is 9.44. The molecule has 6 rings (SSSR count). The number of rotatable bonds is 5. The van der Waals surface area contributed by atoms with Crippen molar-refractivity contribution in [1.29, 1.82) is 0 Å². The van der Waals surface area contributed by atoms with Crippen LogP contribution in [0.15, 0.2) is 0 Å². The summed E-state index contributed by atoms with van der Waals surface area (Å²) in [5.41, 5.74) is 0.375. The summed E-state index contributed by atoms with van der Waals surface area (Å²) in [6, 6.07) is 0.797. The maximum absolute atomic E-state index is 12.9. The Hall–Kier alpha value is -1.14. The number of carbonyl (C=O) groups excluding carboxylic acids is 2. The molecule has 4 saturated carbocycles. The molecule has 2 saturated heterocycles. The van der Waals surface area contributed by atoms with Crippen LogP contribution in [0.5, 0.6) is 0 Å². The molecule has 232 valence electrons. The molecular formula is C35H59N2O4+. The summed E-state index contributed by atoms with van der Waals surface area (Å²) in [5.74, 6) is 2.59. The SMILES string of the molecule is CCC(=O)O[C@H]1C([N+]2(C)CCCCC2)CC2C3CC[C@H]4C[C@H](OC(C)=O)C(N5CCCCC5)C[C@]4(C)C3CC[C@@]21C. The van der Waals surface area contributed by atoms with Gasteiger partial charge in [-0.05, 0) is 113 Å². The van der Waals surface area contributed by atoms with Crippen molar-refractivity contribution >= 4 is 11.9 Å². The Morgan fingerprint density at radius 1 is 0.878 bits per heavy atom. The first kappa shape index (κ1) is 29.9. The first-order chi connectivity index (χ1) is 19.6. The first-order valence-corrected chi connectivity index (χ1v) is 17.5. The monoisotopic (exact) mass is 571 g/mol. The highest BCUT2D eigenvalue weighted by molar-refractivity contribution is 5.69. The second kappa shape index (κ2) is 11.4. The van der Waals surface area contributed by atoms with Crippen LogP contribution in [0.25, 0.3) is 0 Å². The number of fused-ring (bicyclic) bond motifs is 5. The number of esters is 2. The van der Waals surface area contributed by atoms with Gasteiger partial charge in [-0.25, -0.2) is 0 Å². The number of piperidine rings is 2. The number of likely N-dealkylation sites (tertiary alicyclic amines) is 2. The van der Waals surface area contributed by atoms with Crippen LogP contribution in [0.2, 0.25) is 0 Å². The Morgan fingerprint density at radius 3 is 2.27 bits per heavy atom. The van der Waals surface area contributed by atoms with Gasteiger partial charge in [0.25, 0.3) is 0 Å². The summed E-state index contributed by atoms with van der Waals surface area (Å²) in [4.78, 5) is 27.8. The molecule has 0 N–H and O–H groups in total. The standard InChI is InChI=1S/C35H59N2O4/c1-6-32(39)41-33-30(37(5)19-11-8-12-20-37)22-28-26-14-13-25-21-31(40-24(2)38)29(36-17-9-7-10-18-36)23-35(25,4)27(26)15-16-34(28,33)3/h25-31,33H,6-23H2,1-5H3/q+1/t25-,26?,27?,28?,29?,30?,31-,33-,34-,35-/m0/s1. The topological polar surface area (TPSA) is 55.8 Å². The van der Waals surface area contributed by atoms with Crippen LogP contribution in [-0.2, 0) is 19.1 Å². The van der Waals surface area contributed by atoms with Crippen molar-refractivity contribution in [2.45, 2.75) is 142 Å². The molecule has 0 radical (unpaired) electrons. The Bertz CT molecular complexity index is 973. The average molecular weight is 572 g/mol. The smallest absolute Gasteiger partial charge is 0.306 e. The van der Waals surface area contributed by atoms with Gasteiger partial charge in [-0.1, -0.05) is 27.2 Å². The van der Waals surface area contributed by atoms with Gasteiger partial charge in [0.15, 0.2) is 6.10 Å². The lowest BCUT2D eigenvalue weighted by molar-refractivity contribution is -0.940. The highest BCUT2D eigenvalue weighted by Crippen LogP contribution is 2.67. The van der Waals surface area contributed by atoms with Gasteiger partial charge in [-0.15, -0.1) is 0 Å². The summed E-state index contributed by atoms with van der Waals surface area (Å²) in [6.45, 7) is 13.5. The van der Waals surface area contributed by atoms with E-state index >= 15 is 0 Å². The summed E-state index contributed by atoms with van der Waals surface area (Å²) >= 11 is 0. The predicted octanol–water partition coefficient (Wildman–Crippen LogP) is 6.36. The number of nitrogens with zero attached hydrogens (tertiary/aromatic N) is 2. The van der Waals surface area contributed by atoms with Gasteiger partial charge in [0, 0.05) is 31.2 Å². The van der Waals surface area contributed by atoms with Gasteiger partial charge in [0.05, 0.1) is 20.1 Å². The van der Waals surface area contributed by atoms with Crippen LogP contribution < -0.4 is 0 Å². The van der Waals surface area contributed by atoms with Gasteiger partial charge < -0.3 is 14.0 Å². The lowest BCUT2D eigenvalue weighted by Gasteiger charge is -2.62. The second-order valence-electron chi connectivity index (χ2n) is 16.0. The molecule has 2 heterocycles. The molecule has 10 atom stereocenters. The van der Waals surface area contributed by atoms with Crippen LogP contribution in [-0.4, -0.2) is 78.8 Å². The van der Waals surface area contributed by atoms with Gasteiger partial charge in [-0.3, -0.25) is 14.5 Å². The second-order valence-corrected chi connectivity index (χ2v) is 16.0. The van der Waals surface area contributed by atoms with Gasteiger partial charge in [0.2, 0.25) is 0 Å². The summed E-state index contributed by atoms with van der Waals surface area (Å²) in [6.07, 6.45) is 16.8. The summed E-state index contributed by atoms with van der Waals surface area (Å²) in [5, 5.41) is 0. The molecule has 6 fully saturated rings. The highest BCUT2D eigenvalue weighted by Gasteiger charge is 2.67. The van der Waals surface area contributed by atoms with E-state index in [2.05, 4.69) is 25.8 Å². The number of likely N-dealkylation sites (N-methyl/N-ethyl adjacent to an activating group) is 1. The molecule has 41 heavy (non-hydrogen) atoms. The number of carbonyl (C=O) groups is 2. The number of quaternary nitrogens is 1. The van der Waals surface area contributed by atoms with Crippen molar-refractivity contribution < 1.29 is 23.5 Å². The molecule has 6 nitrogen and oxygen atoms in total. The zero-order valence-electron chi connectivity index (χ0n) is 26.9. The number of hydrogen-bond donors (Lipinski definition) is 0. The van der Waals surface area contributed by atoms with E-state index in [9.17, 15) is 9.59 Å². The molecule has 2 aliphatic heterocycles. The molecule has 0 bridgehead atoms. The Morgan fingerprint density at radius 2 is 1.59 bits per heavy atom. The van der Waals surface area contributed by atoms with Gasteiger partial charge >= 0.3 is 11.9 Å². The Kier molecular flexibility index (Phi) is 8.33. The van der Waals surface area contributed by atoms with Gasteiger partial charge in [-0.2, -0.15) is 0 Å². The molecule has 0 amide bonds. The highest BCUT2D eigenvalue weighted by atomic mass is 16.5. The van der Waals surface area contributed by atoms with Crippen LogP contribution in [0, 0.1) is 34.5 Å². The van der Waals surface area contributed by atoms with Gasteiger partial charge in [0.1, 0.15) is 12.1 Å². The first-order valence-electron chi connectivity index (χ1n) is 17.5. The normalized spacial score (nSPS) is 46.1. The molecule has 6 heteroatoms. The predicted molar refractivity (Wildman–Crippen MR) is 161 cm³/mol. The third-order valence-electron chi connectivity index (χ3n) is 14.0. The quantitative estimate of drug-likeness (QED) is 0.284. The zero-order valence-corrected chi connectivity index (χ0v) is 26.9. The average Bonchev–Trinajstić information content (AvgIpc) is 3.26. The molecular weight excluding hydrogens is 512 g/mol. The molecule has 4 aliphatic carbocycles. The van der Waals surface area contributed by atoms with Crippen molar-refractivity contribution in [1.82, 2.24) is 4.90 Å². The Balaban J connectivity index is 1.29. The van der Waals surface area contributed by atoms with E-state index in [1.807, 2.05) is 6.92 Å². The number of ether oxygens (including phenoxy) is 2. The fourth-order valence-corrected chi connectivity index (χ4v) is 11.8. The van der Waals surface area contributed by atoms with Crippen molar-refractivity contribution in [3.8, 4) is 0 Å². The van der Waals surface area contributed by atoms with E-state index in [0.29, 0.717) is 41.7 Å². The minimum absolute atomic E-state index is 0.00329. The van der Waals surface area contributed by atoms with Crippen LogP contribution in [0.1, 0.15) is 118 Å². The van der Waals surface area contributed by atoms with Crippen molar-refractivity contribution in [2.75, 3.05) is 33.2 Å². The third kappa shape index (κ3) is 5.19. The van der Waals surface area contributed by atoms with E-state index in [1.54, 1.807) is 6.92 Å². The fraction of sp³-hybridized carbons (Fsp3) is 0.943. The largest absolute Gasteiger partial charge is 0.461 e. The molecule has 6 aliphatic rings. The fourth-order valence-electron chi connectivity index (χ4n) is 11.8. The van der Waals surface area contributed by atoms with Crippen molar-refractivity contribution in [3.63, 3.8) is 0 Å². The molecule has 5 unspecified atom stereocenters. The van der Waals surface area contributed by atoms with Crippen LogP contribution >= 0.6 is 0 Å². The van der Waals surface area contributed by atoms with Crippen molar-refractivity contribution in [3.05, 3.63) is 0 Å².